The molecule has 0 atom stereocenters. The first-order valence-electron chi connectivity index (χ1n) is 6.22. The number of hydrogen-bond acceptors (Lipinski definition) is 2. The largest absolute Gasteiger partial charge is 0.396 e. The van der Waals surface area contributed by atoms with Gasteiger partial charge in [-0.1, -0.05) is 0 Å². The van der Waals surface area contributed by atoms with Crippen LogP contribution in [0.2, 0.25) is 0 Å². The SMILES string of the molecule is Cc1cc(C(=O)NCCCO)c(C)n1C1CC1. The van der Waals surface area contributed by atoms with Crippen LogP contribution in [0.3, 0.4) is 0 Å². The minimum Gasteiger partial charge on any atom is -0.396 e. The number of hydrogen-bond donors (Lipinski definition) is 2. The number of nitrogens with one attached hydrogen (secondary N) is 1. The third kappa shape index (κ3) is 2.52. The Morgan fingerprint density at radius 1 is 1.53 bits per heavy atom. The smallest absolute Gasteiger partial charge is 0.253 e. The minimum atomic E-state index is -0.0292. The monoisotopic (exact) mass is 236 g/mol. The molecule has 4 heteroatoms. The summed E-state index contributed by atoms with van der Waals surface area (Å²) in [7, 11) is 0. The number of carbonyl (C=O) groups excluding carboxylic acids is 1. The second-order valence-corrected chi connectivity index (χ2v) is 4.72. The van der Waals surface area contributed by atoms with Gasteiger partial charge in [0.25, 0.3) is 5.91 Å². The topological polar surface area (TPSA) is 54.3 Å². The van der Waals surface area contributed by atoms with Gasteiger partial charge in [0.2, 0.25) is 0 Å². The Hall–Kier alpha value is -1.29. The van der Waals surface area contributed by atoms with Gasteiger partial charge >= 0.3 is 0 Å². The van der Waals surface area contributed by atoms with Gasteiger partial charge in [0.05, 0.1) is 5.56 Å². The lowest BCUT2D eigenvalue weighted by atomic mass is 10.2. The Morgan fingerprint density at radius 2 is 2.24 bits per heavy atom. The van der Waals surface area contributed by atoms with Gasteiger partial charge in [0, 0.05) is 30.6 Å². The molecule has 0 bridgehead atoms. The van der Waals surface area contributed by atoms with E-state index in [1.807, 2.05) is 13.0 Å². The summed E-state index contributed by atoms with van der Waals surface area (Å²) in [5.74, 6) is -0.0292. The number of amides is 1. The molecule has 1 aliphatic rings. The fraction of sp³-hybridized carbons (Fsp3) is 0.615. The van der Waals surface area contributed by atoms with Crippen molar-refractivity contribution in [2.75, 3.05) is 13.2 Å². The molecule has 2 rings (SSSR count). The average molecular weight is 236 g/mol. The Kier molecular flexibility index (Phi) is 3.52. The molecule has 2 N–H and O–H groups in total. The number of aliphatic hydroxyl groups is 1. The lowest BCUT2D eigenvalue weighted by Gasteiger charge is -2.08. The molecule has 1 heterocycles. The highest BCUT2D eigenvalue weighted by Crippen LogP contribution is 2.38. The molecule has 0 saturated heterocycles. The highest BCUT2D eigenvalue weighted by molar-refractivity contribution is 5.95. The lowest BCUT2D eigenvalue weighted by molar-refractivity contribution is 0.0950. The van der Waals surface area contributed by atoms with Crippen molar-refractivity contribution in [3.8, 4) is 0 Å². The molecule has 1 aromatic rings. The highest BCUT2D eigenvalue weighted by Gasteiger charge is 2.28. The summed E-state index contributed by atoms with van der Waals surface area (Å²) in [6.45, 7) is 4.70. The fourth-order valence-electron chi connectivity index (χ4n) is 2.28. The summed E-state index contributed by atoms with van der Waals surface area (Å²) in [5.41, 5.74) is 3.00. The summed E-state index contributed by atoms with van der Waals surface area (Å²) >= 11 is 0. The van der Waals surface area contributed by atoms with Crippen LogP contribution in [0, 0.1) is 13.8 Å². The van der Waals surface area contributed by atoms with Gasteiger partial charge in [-0.3, -0.25) is 4.79 Å². The van der Waals surface area contributed by atoms with E-state index < -0.39 is 0 Å². The van der Waals surface area contributed by atoms with Crippen LogP contribution >= 0.6 is 0 Å². The van der Waals surface area contributed by atoms with Crippen molar-refractivity contribution >= 4 is 5.91 Å². The Balaban J connectivity index is 2.10. The van der Waals surface area contributed by atoms with Crippen molar-refractivity contribution in [3.63, 3.8) is 0 Å². The van der Waals surface area contributed by atoms with Crippen LogP contribution < -0.4 is 5.32 Å². The summed E-state index contributed by atoms with van der Waals surface area (Å²) in [6, 6.07) is 2.57. The summed E-state index contributed by atoms with van der Waals surface area (Å²) in [5, 5.41) is 11.5. The van der Waals surface area contributed by atoms with Crippen molar-refractivity contribution in [2.45, 2.75) is 39.2 Å². The van der Waals surface area contributed by atoms with Crippen LogP contribution in [0.5, 0.6) is 0 Å². The number of aliphatic hydroxyl groups excluding tert-OH is 1. The maximum Gasteiger partial charge on any atom is 0.253 e. The Bertz CT molecular complexity index is 419. The van der Waals surface area contributed by atoms with Gasteiger partial charge in [-0.05, 0) is 39.2 Å². The van der Waals surface area contributed by atoms with Crippen molar-refractivity contribution in [1.29, 1.82) is 0 Å². The van der Waals surface area contributed by atoms with Crippen LogP contribution in [-0.4, -0.2) is 28.7 Å². The van der Waals surface area contributed by atoms with E-state index in [4.69, 9.17) is 5.11 Å². The lowest BCUT2D eigenvalue weighted by Crippen LogP contribution is -2.25. The fourth-order valence-corrected chi connectivity index (χ4v) is 2.28. The van der Waals surface area contributed by atoms with Crippen molar-refractivity contribution in [3.05, 3.63) is 23.0 Å². The van der Waals surface area contributed by atoms with E-state index in [1.165, 1.54) is 12.8 Å². The number of carbonyl (C=O) groups is 1. The summed E-state index contributed by atoms with van der Waals surface area (Å²) in [6.07, 6.45) is 3.05. The molecule has 0 aliphatic heterocycles. The van der Waals surface area contributed by atoms with Crippen LogP contribution in [-0.2, 0) is 0 Å². The molecule has 0 aromatic carbocycles. The predicted molar refractivity (Wildman–Crippen MR) is 66.2 cm³/mol. The van der Waals surface area contributed by atoms with Crippen LogP contribution in [0.1, 0.15) is 47.1 Å². The third-order valence-electron chi connectivity index (χ3n) is 3.26. The molecule has 1 amide bonds. The first kappa shape index (κ1) is 12.2. The number of aromatic nitrogens is 1. The van der Waals surface area contributed by atoms with E-state index >= 15 is 0 Å². The zero-order valence-electron chi connectivity index (χ0n) is 10.5. The first-order valence-corrected chi connectivity index (χ1v) is 6.22. The van der Waals surface area contributed by atoms with Gasteiger partial charge in [-0.25, -0.2) is 0 Å². The molecule has 4 nitrogen and oxygen atoms in total. The normalized spacial score (nSPS) is 15.0. The average Bonchev–Trinajstić information content (AvgIpc) is 3.06. The minimum absolute atomic E-state index is 0.0292. The Labute approximate surface area is 102 Å². The van der Waals surface area contributed by atoms with E-state index in [0.717, 1.165) is 17.0 Å². The molecule has 94 valence electrons. The molecular formula is C13H20N2O2. The molecule has 1 aliphatic carbocycles. The van der Waals surface area contributed by atoms with E-state index in [-0.39, 0.29) is 12.5 Å². The van der Waals surface area contributed by atoms with E-state index in [9.17, 15) is 4.79 Å². The second-order valence-electron chi connectivity index (χ2n) is 4.72. The maximum atomic E-state index is 11.9. The molecule has 17 heavy (non-hydrogen) atoms. The molecule has 1 aromatic heterocycles. The van der Waals surface area contributed by atoms with E-state index in [1.54, 1.807) is 0 Å². The zero-order chi connectivity index (χ0) is 12.4. The standard InChI is InChI=1S/C13H20N2O2/c1-9-8-12(13(17)14-6-3-7-16)10(2)15(9)11-4-5-11/h8,11,16H,3-7H2,1-2H3,(H,14,17). The molecule has 1 saturated carbocycles. The third-order valence-corrected chi connectivity index (χ3v) is 3.26. The highest BCUT2D eigenvalue weighted by atomic mass is 16.3. The van der Waals surface area contributed by atoms with Crippen LogP contribution in [0.15, 0.2) is 6.07 Å². The number of rotatable bonds is 5. The summed E-state index contributed by atoms with van der Waals surface area (Å²) in [4.78, 5) is 11.9. The van der Waals surface area contributed by atoms with Gasteiger partial charge in [0.1, 0.15) is 0 Å². The summed E-state index contributed by atoms with van der Waals surface area (Å²) < 4.78 is 2.26. The molecule has 1 fully saturated rings. The molecule has 0 spiro atoms. The zero-order valence-corrected chi connectivity index (χ0v) is 10.5. The molecule has 0 radical (unpaired) electrons. The van der Waals surface area contributed by atoms with Crippen LogP contribution in [0.25, 0.3) is 0 Å². The molecular weight excluding hydrogens is 216 g/mol. The first-order chi connectivity index (χ1) is 8.15. The van der Waals surface area contributed by atoms with E-state index in [0.29, 0.717) is 19.0 Å². The second kappa shape index (κ2) is 4.92. The molecule has 0 unspecified atom stereocenters. The van der Waals surface area contributed by atoms with E-state index in [2.05, 4.69) is 16.8 Å². The van der Waals surface area contributed by atoms with Crippen molar-refractivity contribution in [2.24, 2.45) is 0 Å². The van der Waals surface area contributed by atoms with Gasteiger partial charge in [0.15, 0.2) is 0 Å². The number of aryl methyl sites for hydroxylation is 1. The quantitative estimate of drug-likeness (QED) is 0.762. The predicted octanol–water partition coefficient (Wildman–Crippen LogP) is 1.55. The van der Waals surface area contributed by atoms with Gasteiger partial charge in [-0.2, -0.15) is 0 Å². The Morgan fingerprint density at radius 3 is 2.82 bits per heavy atom. The van der Waals surface area contributed by atoms with Gasteiger partial charge in [-0.15, -0.1) is 0 Å². The number of nitrogens with zero attached hydrogens (tertiary/aromatic N) is 1. The van der Waals surface area contributed by atoms with Gasteiger partial charge < -0.3 is 15.0 Å². The van der Waals surface area contributed by atoms with Crippen LogP contribution in [0.4, 0.5) is 0 Å². The maximum absolute atomic E-state index is 11.9. The van der Waals surface area contributed by atoms with Crippen molar-refractivity contribution < 1.29 is 9.90 Å². The van der Waals surface area contributed by atoms with Crippen molar-refractivity contribution in [1.82, 2.24) is 9.88 Å².